The minimum atomic E-state index is -5.39. The molecule has 0 unspecified atom stereocenters. The summed E-state index contributed by atoms with van der Waals surface area (Å²) in [6.45, 7) is 43.5. The molecule has 0 fully saturated rings. The van der Waals surface area contributed by atoms with Gasteiger partial charge in [-0.05, 0) is 62.3 Å². The lowest BCUT2D eigenvalue weighted by molar-refractivity contribution is -0.923. The van der Waals surface area contributed by atoms with Gasteiger partial charge >= 0.3 is 17.9 Å². The number of carbonyl (C=O) groups excluding carboxylic acids is 3. The average Bonchev–Trinajstić information content (AvgIpc) is 3.07. The number of likely N-dealkylation sites (N-methyl/N-ethyl adjacent to an activating group) is 3. The van der Waals surface area contributed by atoms with Gasteiger partial charge in [0.2, 0.25) is 0 Å². The van der Waals surface area contributed by atoms with Gasteiger partial charge in [-0.1, -0.05) is 19.7 Å². The summed E-state index contributed by atoms with van der Waals surface area (Å²) in [7, 11) is -5.39. The quantitative estimate of drug-likeness (QED) is 0.0570. The van der Waals surface area contributed by atoms with Gasteiger partial charge < -0.3 is 46.9 Å². The average molecular weight is 696 g/mol. The Morgan fingerprint density at radius 2 is 0.638 bits per heavy atom. The van der Waals surface area contributed by atoms with Crippen molar-refractivity contribution in [2.24, 2.45) is 0 Å². The Kier molecular flexibility index (Phi) is 32.6. The molecule has 0 bridgehead atoms. The maximum Gasteiger partial charge on any atom is 0.330 e. The van der Waals surface area contributed by atoms with Gasteiger partial charge in [-0.25, -0.2) is 14.4 Å². The Bertz CT molecular complexity index is 779. The van der Waals surface area contributed by atoms with Crippen LogP contribution < -0.4 is 14.7 Å². The molecule has 47 heavy (non-hydrogen) atoms. The molecule has 0 saturated carbocycles. The van der Waals surface area contributed by atoms with Gasteiger partial charge in [0.25, 0.3) is 0 Å². The first-order valence-corrected chi connectivity index (χ1v) is 18.0. The van der Waals surface area contributed by atoms with Crippen molar-refractivity contribution in [1.29, 1.82) is 0 Å². The topological polar surface area (TPSA) is 165 Å². The number of esters is 3. The maximum absolute atomic E-state index is 10.8. The van der Waals surface area contributed by atoms with Crippen molar-refractivity contribution < 1.29 is 61.3 Å². The molecule has 0 rings (SSSR count). The van der Waals surface area contributed by atoms with Crippen LogP contribution >= 0.6 is 7.82 Å². The molecule has 0 amide bonds. The molecule has 0 aliphatic carbocycles. The SMILES string of the molecule is C=CC(=O)OCC[N+](CC)(CC)CC.C=CC(=O)OCC[N+](CC)(CC)CC.C=CC(=O)OCC[N+](CC)(CC)CC.O=P([O-])([O-])[O-]. The van der Waals surface area contributed by atoms with Crippen molar-refractivity contribution in [2.75, 3.05) is 98.4 Å². The largest absolute Gasteiger partial charge is 0.822 e. The molecule has 13 nitrogen and oxygen atoms in total. The summed E-state index contributed by atoms with van der Waals surface area (Å²) < 4.78 is 26.5. The molecule has 0 aliphatic rings. The number of hydrogen-bond acceptors (Lipinski definition) is 10. The molecular formula is C33H66N3O10P. The van der Waals surface area contributed by atoms with E-state index in [-0.39, 0.29) is 17.9 Å². The summed E-state index contributed by atoms with van der Waals surface area (Å²) in [4.78, 5) is 58.1. The second-order valence-electron chi connectivity index (χ2n) is 10.6. The first kappa shape index (κ1) is 51.5. The monoisotopic (exact) mass is 695 g/mol. The van der Waals surface area contributed by atoms with Crippen molar-refractivity contribution >= 4 is 25.7 Å². The van der Waals surface area contributed by atoms with Gasteiger partial charge in [0.05, 0.1) is 58.9 Å². The number of phosphoric acid groups is 1. The van der Waals surface area contributed by atoms with E-state index >= 15 is 0 Å². The van der Waals surface area contributed by atoms with Crippen LogP contribution in [-0.2, 0) is 33.2 Å². The smallest absolute Gasteiger partial charge is 0.330 e. The highest BCUT2D eigenvalue weighted by molar-refractivity contribution is 7.40. The highest BCUT2D eigenvalue weighted by atomic mass is 31.2. The normalized spacial score (nSPS) is 11.1. The van der Waals surface area contributed by atoms with Gasteiger partial charge in [-0.2, -0.15) is 7.82 Å². The van der Waals surface area contributed by atoms with E-state index in [1.54, 1.807) is 0 Å². The molecule has 0 aromatic heterocycles. The van der Waals surface area contributed by atoms with Crippen LogP contribution in [0, 0.1) is 0 Å². The van der Waals surface area contributed by atoms with E-state index in [2.05, 4.69) is 82.1 Å². The molecule has 0 aromatic carbocycles. The molecule has 0 atom stereocenters. The fourth-order valence-electron chi connectivity index (χ4n) is 4.63. The van der Waals surface area contributed by atoms with E-state index in [4.69, 9.17) is 33.5 Å². The second-order valence-corrected chi connectivity index (χ2v) is 11.5. The molecule has 0 aliphatic heterocycles. The van der Waals surface area contributed by atoms with Crippen molar-refractivity contribution in [2.45, 2.75) is 62.3 Å². The second kappa shape index (κ2) is 29.7. The standard InChI is InChI=1S/3C11H22NO2.H3O4P/c3*1-5-11(13)14-10-9-12(6-2,7-3)8-4;1-5(2,3)4/h3*5H,1,6-10H2,2-4H3;(H3,1,2,3,4)/q3*+1;/p-3. The van der Waals surface area contributed by atoms with Gasteiger partial charge in [0, 0.05) is 18.2 Å². The lowest BCUT2D eigenvalue weighted by Crippen LogP contribution is -2.49. The molecule has 0 heterocycles. The highest BCUT2D eigenvalue weighted by Crippen LogP contribution is 2.07. The zero-order valence-corrected chi connectivity index (χ0v) is 31.7. The first-order chi connectivity index (χ1) is 21.9. The third-order valence-electron chi connectivity index (χ3n) is 8.97. The van der Waals surface area contributed by atoms with Crippen molar-refractivity contribution in [3.63, 3.8) is 0 Å². The number of carbonyl (C=O) groups is 3. The molecule has 278 valence electrons. The fraction of sp³-hybridized carbons (Fsp3) is 0.727. The van der Waals surface area contributed by atoms with Crippen LogP contribution in [0.25, 0.3) is 0 Å². The maximum atomic E-state index is 10.8. The Morgan fingerprint density at radius 1 is 0.489 bits per heavy atom. The predicted octanol–water partition coefficient (Wildman–Crippen LogP) is 1.95. The zero-order chi connectivity index (χ0) is 37.6. The molecule has 14 heteroatoms. The summed E-state index contributed by atoms with van der Waals surface area (Å²) in [6.07, 6.45) is 3.62. The Hall–Kier alpha value is -2.38. The van der Waals surface area contributed by atoms with Gasteiger partial charge in [-0.3, -0.25) is 0 Å². The summed E-state index contributed by atoms with van der Waals surface area (Å²) in [6, 6.07) is 0. The summed E-state index contributed by atoms with van der Waals surface area (Å²) in [5.41, 5.74) is 0. The van der Waals surface area contributed by atoms with Crippen LogP contribution in [0.5, 0.6) is 0 Å². The molecular weight excluding hydrogens is 629 g/mol. The minimum Gasteiger partial charge on any atom is -0.822 e. The molecule has 0 radical (unpaired) electrons. The summed E-state index contributed by atoms with van der Waals surface area (Å²) in [5, 5.41) is 0. The Morgan fingerprint density at radius 3 is 0.745 bits per heavy atom. The fourth-order valence-corrected chi connectivity index (χ4v) is 4.63. The molecule has 0 saturated heterocycles. The minimum absolute atomic E-state index is 0.327. The van der Waals surface area contributed by atoms with E-state index in [0.717, 1.165) is 92.0 Å². The van der Waals surface area contributed by atoms with Crippen molar-refractivity contribution in [1.82, 2.24) is 0 Å². The molecule has 0 N–H and O–H groups in total. The van der Waals surface area contributed by atoms with E-state index < -0.39 is 7.82 Å². The van der Waals surface area contributed by atoms with Crippen molar-refractivity contribution in [3.8, 4) is 0 Å². The van der Waals surface area contributed by atoms with Crippen LogP contribution in [0.3, 0.4) is 0 Å². The van der Waals surface area contributed by atoms with E-state index in [1.807, 2.05) is 0 Å². The lowest BCUT2D eigenvalue weighted by atomic mass is 10.3. The van der Waals surface area contributed by atoms with Crippen LogP contribution in [-0.4, -0.2) is 130 Å². The Balaban J connectivity index is -0.000000275. The van der Waals surface area contributed by atoms with Gasteiger partial charge in [-0.15, -0.1) is 0 Å². The number of hydrogen-bond donors (Lipinski definition) is 0. The Labute approximate surface area is 285 Å². The van der Waals surface area contributed by atoms with E-state index in [9.17, 15) is 14.4 Å². The summed E-state index contributed by atoms with van der Waals surface area (Å²) >= 11 is 0. The number of nitrogens with zero attached hydrogens (tertiary/aromatic N) is 3. The lowest BCUT2D eigenvalue weighted by Gasteiger charge is -2.36. The third kappa shape index (κ3) is 28.4. The van der Waals surface area contributed by atoms with Gasteiger partial charge in [0.1, 0.15) is 39.5 Å². The van der Waals surface area contributed by atoms with Crippen LogP contribution in [0.1, 0.15) is 62.3 Å². The van der Waals surface area contributed by atoms with Crippen LogP contribution in [0.4, 0.5) is 0 Å². The van der Waals surface area contributed by atoms with E-state index in [1.165, 1.54) is 18.2 Å². The van der Waals surface area contributed by atoms with E-state index in [0.29, 0.717) is 19.8 Å². The number of ether oxygens (including phenoxy) is 3. The predicted molar refractivity (Wildman–Crippen MR) is 181 cm³/mol. The number of rotatable bonds is 21. The third-order valence-corrected chi connectivity index (χ3v) is 8.97. The van der Waals surface area contributed by atoms with Crippen molar-refractivity contribution in [3.05, 3.63) is 38.0 Å². The highest BCUT2D eigenvalue weighted by Gasteiger charge is 2.22. The molecule has 0 spiro atoms. The summed E-state index contributed by atoms with van der Waals surface area (Å²) in [5.74, 6) is -0.982. The first-order valence-electron chi connectivity index (χ1n) is 16.6. The van der Waals surface area contributed by atoms with Crippen LogP contribution in [0.2, 0.25) is 0 Å². The molecule has 0 aromatic rings. The number of quaternary nitrogens is 3. The van der Waals surface area contributed by atoms with Crippen LogP contribution in [0.15, 0.2) is 38.0 Å². The van der Waals surface area contributed by atoms with Gasteiger partial charge in [0.15, 0.2) is 0 Å². The zero-order valence-electron chi connectivity index (χ0n) is 30.8.